The van der Waals surface area contributed by atoms with Crippen LogP contribution in [0.1, 0.15) is 35.8 Å². The van der Waals surface area contributed by atoms with Crippen molar-refractivity contribution in [1.82, 2.24) is 10.5 Å². The Morgan fingerprint density at radius 2 is 2.31 bits per heavy atom. The van der Waals surface area contributed by atoms with Crippen LogP contribution in [-0.4, -0.2) is 30.3 Å². The average molecular weight is 222 g/mol. The van der Waals surface area contributed by atoms with E-state index in [1.54, 1.807) is 0 Å². The molecule has 16 heavy (non-hydrogen) atoms. The number of ether oxygens (including phenoxy) is 1. The van der Waals surface area contributed by atoms with Crippen molar-refractivity contribution in [2.45, 2.75) is 31.2 Å². The third-order valence-electron chi connectivity index (χ3n) is 3.14. The molecule has 3 rings (SSSR count). The first-order chi connectivity index (χ1) is 7.69. The lowest BCUT2D eigenvalue weighted by molar-refractivity contribution is -0.0534. The number of carbonyl (C=O) groups is 1. The number of aromatic nitrogens is 1. The molecular weight excluding hydrogens is 208 g/mol. The summed E-state index contributed by atoms with van der Waals surface area (Å²) in [6, 6.07) is 0.348. The van der Waals surface area contributed by atoms with E-state index in [9.17, 15) is 4.79 Å². The second-order valence-corrected chi connectivity index (χ2v) is 4.88. The number of nitrogens with one attached hydrogen (secondary N) is 1. The number of amides is 1. The Balaban J connectivity index is 1.83. The lowest BCUT2D eigenvalue weighted by Gasteiger charge is -2.36. The predicted octanol–water partition coefficient (Wildman–Crippen LogP) is 0.855. The van der Waals surface area contributed by atoms with Crippen molar-refractivity contribution in [1.29, 1.82) is 0 Å². The molecule has 2 aliphatic rings. The summed E-state index contributed by atoms with van der Waals surface area (Å²) >= 11 is 0. The van der Waals surface area contributed by atoms with Gasteiger partial charge >= 0.3 is 0 Å². The van der Waals surface area contributed by atoms with Crippen LogP contribution in [-0.2, 0) is 10.2 Å². The van der Waals surface area contributed by atoms with Gasteiger partial charge in [-0.25, -0.2) is 0 Å². The SMILES string of the molecule is CC1(c2nocc2C(=O)NC2CC2)COC1. The third-order valence-corrected chi connectivity index (χ3v) is 3.14. The van der Waals surface area contributed by atoms with Crippen LogP contribution in [0.2, 0.25) is 0 Å². The third kappa shape index (κ3) is 1.51. The van der Waals surface area contributed by atoms with Crippen LogP contribution in [0.3, 0.4) is 0 Å². The summed E-state index contributed by atoms with van der Waals surface area (Å²) in [5.41, 5.74) is 1.11. The molecule has 1 aliphatic carbocycles. The van der Waals surface area contributed by atoms with Crippen molar-refractivity contribution in [3.05, 3.63) is 17.5 Å². The van der Waals surface area contributed by atoms with E-state index in [0.717, 1.165) is 18.5 Å². The first-order valence-electron chi connectivity index (χ1n) is 5.52. The zero-order valence-corrected chi connectivity index (χ0v) is 9.16. The van der Waals surface area contributed by atoms with E-state index in [0.29, 0.717) is 24.8 Å². The Kier molecular flexibility index (Phi) is 2.04. The van der Waals surface area contributed by atoms with E-state index in [2.05, 4.69) is 10.5 Å². The van der Waals surface area contributed by atoms with Gasteiger partial charge in [0.1, 0.15) is 17.5 Å². The van der Waals surface area contributed by atoms with Gasteiger partial charge in [0, 0.05) is 6.04 Å². The molecular formula is C11H14N2O3. The molecule has 0 bridgehead atoms. The Morgan fingerprint density at radius 1 is 1.56 bits per heavy atom. The van der Waals surface area contributed by atoms with Crippen LogP contribution in [0.15, 0.2) is 10.8 Å². The quantitative estimate of drug-likeness (QED) is 0.823. The van der Waals surface area contributed by atoms with Gasteiger partial charge in [-0.2, -0.15) is 0 Å². The smallest absolute Gasteiger partial charge is 0.256 e. The Morgan fingerprint density at radius 3 is 2.88 bits per heavy atom. The van der Waals surface area contributed by atoms with E-state index in [1.165, 1.54) is 6.26 Å². The molecule has 2 fully saturated rings. The van der Waals surface area contributed by atoms with Crippen LogP contribution >= 0.6 is 0 Å². The molecule has 5 heteroatoms. The monoisotopic (exact) mass is 222 g/mol. The summed E-state index contributed by atoms with van der Waals surface area (Å²) in [5, 5.41) is 6.88. The number of hydrogen-bond acceptors (Lipinski definition) is 4. The lowest BCUT2D eigenvalue weighted by atomic mass is 9.83. The highest BCUT2D eigenvalue weighted by molar-refractivity contribution is 5.95. The summed E-state index contributed by atoms with van der Waals surface area (Å²) < 4.78 is 10.1. The molecule has 1 amide bonds. The molecule has 0 spiro atoms. The fourth-order valence-electron chi connectivity index (χ4n) is 1.87. The number of hydrogen-bond donors (Lipinski definition) is 1. The minimum absolute atomic E-state index is 0.0770. The molecule has 0 radical (unpaired) electrons. The Hall–Kier alpha value is -1.36. The van der Waals surface area contributed by atoms with Gasteiger partial charge in [-0.05, 0) is 19.8 Å². The largest absolute Gasteiger partial charge is 0.379 e. The highest BCUT2D eigenvalue weighted by atomic mass is 16.5. The second-order valence-electron chi connectivity index (χ2n) is 4.88. The maximum Gasteiger partial charge on any atom is 0.256 e. The van der Waals surface area contributed by atoms with Gasteiger partial charge in [0.25, 0.3) is 5.91 Å². The number of nitrogens with zero attached hydrogens (tertiary/aromatic N) is 1. The van der Waals surface area contributed by atoms with Crippen molar-refractivity contribution in [3.8, 4) is 0 Å². The molecule has 0 unspecified atom stereocenters. The van der Waals surface area contributed by atoms with E-state index >= 15 is 0 Å². The van der Waals surface area contributed by atoms with Crippen molar-refractivity contribution < 1.29 is 14.1 Å². The highest BCUT2D eigenvalue weighted by Gasteiger charge is 2.41. The summed E-state index contributed by atoms with van der Waals surface area (Å²) in [6.45, 7) is 3.23. The average Bonchev–Trinajstić information content (AvgIpc) is 2.89. The number of carbonyl (C=O) groups excluding carboxylic acids is 1. The topological polar surface area (TPSA) is 64.4 Å². The van der Waals surface area contributed by atoms with Crippen LogP contribution in [0.4, 0.5) is 0 Å². The van der Waals surface area contributed by atoms with Gasteiger partial charge in [0.2, 0.25) is 0 Å². The lowest BCUT2D eigenvalue weighted by Crippen LogP contribution is -2.45. The van der Waals surface area contributed by atoms with Crippen molar-refractivity contribution >= 4 is 5.91 Å². The normalized spacial score (nSPS) is 22.6. The Bertz CT molecular complexity index is 419. The summed E-state index contributed by atoms with van der Waals surface area (Å²) in [5.74, 6) is -0.0770. The molecule has 1 saturated heterocycles. The van der Waals surface area contributed by atoms with E-state index in [1.807, 2.05) is 6.92 Å². The molecule has 1 aromatic rings. The second kappa shape index (κ2) is 3.31. The molecule has 1 N–H and O–H groups in total. The van der Waals surface area contributed by atoms with Crippen LogP contribution in [0, 0.1) is 0 Å². The van der Waals surface area contributed by atoms with Crippen molar-refractivity contribution in [3.63, 3.8) is 0 Å². The van der Waals surface area contributed by atoms with Crippen molar-refractivity contribution in [2.24, 2.45) is 0 Å². The minimum Gasteiger partial charge on any atom is -0.379 e. The fraction of sp³-hybridized carbons (Fsp3) is 0.636. The van der Waals surface area contributed by atoms with Crippen LogP contribution in [0.25, 0.3) is 0 Å². The summed E-state index contributed by atoms with van der Waals surface area (Å²) in [6.07, 6.45) is 3.58. The van der Waals surface area contributed by atoms with Gasteiger partial charge < -0.3 is 14.6 Å². The molecule has 0 aromatic carbocycles. The minimum atomic E-state index is -0.163. The molecule has 1 saturated carbocycles. The van der Waals surface area contributed by atoms with Crippen LogP contribution < -0.4 is 5.32 Å². The van der Waals surface area contributed by atoms with E-state index in [-0.39, 0.29) is 11.3 Å². The summed E-state index contributed by atoms with van der Waals surface area (Å²) in [7, 11) is 0. The first kappa shape index (κ1) is 9.84. The zero-order valence-electron chi connectivity index (χ0n) is 9.16. The molecule has 1 aromatic heterocycles. The fourth-order valence-corrected chi connectivity index (χ4v) is 1.87. The van der Waals surface area contributed by atoms with E-state index in [4.69, 9.17) is 9.26 Å². The molecule has 2 heterocycles. The van der Waals surface area contributed by atoms with E-state index < -0.39 is 0 Å². The van der Waals surface area contributed by atoms with Gasteiger partial charge in [-0.15, -0.1) is 0 Å². The molecule has 0 atom stereocenters. The number of rotatable bonds is 3. The highest BCUT2D eigenvalue weighted by Crippen LogP contribution is 2.33. The van der Waals surface area contributed by atoms with Gasteiger partial charge in [-0.3, -0.25) is 4.79 Å². The first-order valence-corrected chi connectivity index (χ1v) is 5.52. The molecule has 86 valence electrons. The molecule has 1 aliphatic heterocycles. The van der Waals surface area contributed by atoms with Gasteiger partial charge in [0.15, 0.2) is 0 Å². The molecule has 5 nitrogen and oxygen atoms in total. The zero-order chi connectivity index (χ0) is 11.2. The summed E-state index contributed by atoms with van der Waals surface area (Å²) in [4.78, 5) is 11.9. The van der Waals surface area contributed by atoms with Crippen LogP contribution in [0.5, 0.6) is 0 Å². The Labute approximate surface area is 93.1 Å². The van der Waals surface area contributed by atoms with Gasteiger partial charge in [-0.1, -0.05) is 5.16 Å². The van der Waals surface area contributed by atoms with Gasteiger partial charge in [0.05, 0.1) is 18.6 Å². The maximum atomic E-state index is 11.9. The maximum absolute atomic E-state index is 11.9. The standard InChI is InChI=1S/C11H14N2O3/c1-11(5-15-6-11)9-8(4-16-13-9)10(14)12-7-2-3-7/h4,7H,2-3,5-6H2,1H3,(H,12,14). The predicted molar refractivity (Wildman–Crippen MR) is 55.2 cm³/mol. The van der Waals surface area contributed by atoms with Crippen molar-refractivity contribution in [2.75, 3.05) is 13.2 Å².